The Morgan fingerprint density at radius 3 is 2.77 bits per heavy atom. The molecule has 1 N–H and O–H groups in total. The third-order valence-electron chi connectivity index (χ3n) is 5.66. The molecule has 0 bridgehead atoms. The van der Waals surface area contributed by atoms with Gasteiger partial charge in [-0.3, -0.25) is 4.79 Å². The first kappa shape index (κ1) is 21.3. The molecule has 160 valence electrons. The van der Waals surface area contributed by atoms with Crippen molar-refractivity contribution in [3.8, 4) is 5.75 Å². The Balaban J connectivity index is 1.26. The lowest BCUT2D eigenvalue weighted by Crippen LogP contribution is -2.33. The first-order valence-electron chi connectivity index (χ1n) is 10.7. The molecule has 31 heavy (non-hydrogen) atoms. The fraction of sp³-hybridized carbons (Fsp3) is 0.269. The lowest BCUT2D eigenvalue weighted by molar-refractivity contribution is 0.0953. The average molecular weight is 435 g/mol. The highest BCUT2D eigenvalue weighted by Crippen LogP contribution is 2.31. The largest absolute Gasteiger partial charge is 0.489 e. The van der Waals surface area contributed by atoms with E-state index in [2.05, 4.69) is 41.4 Å². The van der Waals surface area contributed by atoms with Gasteiger partial charge in [0.05, 0.1) is 0 Å². The molecular formula is C26H27ClN2O2. The molecule has 1 aliphatic heterocycles. The SMILES string of the molecule is C[C@@H]1Cc2ccccc2N1CCCNC(=O)c1cccc(OCc2ccccc2Cl)c1. The number of benzene rings is 3. The van der Waals surface area contributed by atoms with E-state index in [9.17, 15) is 4.79 Å². The number of ether oxygens (including phenoxy) is 1. The Kier molecular flexibility index (Phi) is 6.78. The lowest BCUT2D eigenvalue weighted by Gasteiger charge is -2.25. The van der Waals surface area contributed by atoms with Gasteiger partial charge in [0.2, 0.25) is 0 Å². The Hall–Kier alpha value is -2.98. The number of carbonyl (C=O) groups excluding carboxylic acids is 1. The molecule has 0 aliphatic carbocycles. The first-order valence-corrected chi connectivity index (χ1v) is 11.1. The van der Waals surface area contributed by atoms with Crippen molar-refractivity contribution in [2.45, 2.75) is 32.4 Å². The predicted molar refractivity (Wildman–Crippen MR) is 126 cm³/mol. The van der Waals surface area contributed by atoms with Crippen molar-refractivity contribution in [3.63, 3.8) is 0 Å². The Labute approximate surface area is 188 Å². The molecule has 0 radical (unpaired) electrons. The number of anilines is 1. The quantitative estimate of drug-likeness (QED) is 0.476. The Morgan fingerprint density at radius 2 is 1.90 bits per heavy atom. The monoisotopic (exact) mass is 434 g/mol. The number of rotatable bonds is 8. The van der Waals surface area contributed by atoms with Gasteiger partial charge in [-0.15, -0.1) is 0 Å². The number of hydrogen-bond donors (Lipinski definition) is 1. The molecule has 1 aliphatic rings. The van der Waals surface area contributed by atoms with E-state index >= 15 is 0 Å². The van der Waals surface area contributed by atoms with Crippen molar-refractivity contribution in [2.24, 2.45) is 0 Å². The number of nitrogens with zero attached hydrogens (tertiary/aromatic N) is 1. The second-order valence-corrected chi connectivity index (χ2v) is 8.30. The summed E-state index contributed by atoms with van der Waals surface area (Å²) in [5.41, 5.74) is 4.24. The maximum absolute atomic E-state index is 12.6. The van der Waals surface area contributed by atoms with Crippen LogP contribution in [-0.4, -0.2) is 25.0 Å². The number of para-hydroxylation sites is 1. The van der Waals surface area contributed by atoms with E-state index in [-0.39, 0.29) is 5.91 Å². The zero-order valence-corrected chi connectivity index (χ0v) is 18.4. The normalized spacial score (nSPS) is 14.9. The van der Waals surface area contributed by atoms with Crippen LogP contribution in [0.25, 0.3) is 0 Å². The van der Waals surface area contributed by atoms with Crippen LogP contribution >= 0.6 is 11.6 Å². The molecule has 3 aromatic rings. The summed E-state index contributed by atoms with van der Waals surface area (Å²) in [5.74, 6) is 0.563. The van der Waals surface area contributed by atoms with Crippen LogP contribution in [0.5, 0.6) is 5.75 Å². The number of fused-ring (bicyclic) bond motifs is 1. The summed E-state index contributed by atoms with van der Waals surface area (Å²) >= 11 is 6.18. The summed E-state index contributed by atoms with van der Waals surface area (Å²) in [7, 11) is 0. The van der Waals surface area contributed by atoms with Gasteiger partial charge in [-0.1, -0.05) is 54.1 Å². The molecule has 4 rings (SSSR count). The molecule has 0 saturated carbocycles. The standard InChI is InChI=1S/C26H27ClN2O2/c1-19-16-20-8-3-5-13-25(20)29(19)15-7-14-28-26(30)21-10-6-11-23(17-21)31-18-22-9-2-4-12-24(22)27/h2-6,8-13,17,19H,7,14-16,18H2,1H3,(H,28,30)/t19-/m1/s1. The summed E-state index contributed by atoms with van der Waals surface area (Å²) in [5, 5.41) is 3.70. The second-order valence-electron chi connectivity index (χ2n) is 7.89. The van der Waals surface area contributed by atoms with Crippen LogP contribution < -0.4 is 15.0 Å². The van der Waals surface area contributed by atoms with Crippen molar-refractivity contribution < 1.29 is 9.53 Å². The van der Waals surface area contributed by atoms with Crippen molar-refractivity contribution in [1.82, 2.24) is 5.32 Å². The molecule has 1 atom stereocenters. The maximum atomic E-state index is 12.6. The summed E-state index contributed by atoms with van der Waals surface area (Å²) in [4.78, 5) is 15.0. The minimum Gasteiger partial charge on any atom is -0.489 e. The molecular weight excluding hydrogens is 408 g/mol. The molecule has 1 amide bonds. The van der Waals surface area contributed by atoms with Crippen LogP contribution in [0.15, 0.2) is 72.8 Å². The van der Waals surface area contributed by atoms with Crippen LogP contribution in [0.1, 0.15) is 34.8 Å². The zero-order valence-electron chi connectivity index (χ0n) is 17.7. The molecule has 0 fully saturated rings. The summed E-state index contributed by atoms with van der Waals surface area (Å²) in [6.07, 6.45) is 1.98. The lowest BCUT2D eigenvalue weighted by atomic mass is 10.1. The molecule has 4 nitrogen and oxygen atoms in total. The van der Waals surface area contributed by atoms with Gasteiger partial charge in [0, 0.05) is 41.0 Å². The molecule has 3 aromatic carbocycles. The van der Waals surface area contributed by atoms with Gasteiger partial charge in [-0.25, -0.2) is 0 Å². The predicted octanol–water partition coefficient (Wildman–Crippen LogP) is 5.49. The highest BCUT2D eigenvalue weighted by Gasteiger charge is 2.24. The molecule has 0 saturated heterocycles. The highest BCUT2D eigenvalue weighted by atomic mass is 35.5. The topological polar surface area (TPSA) is 41.6 Å². The highest BCUT2D eigenvalue weighted by molar-refractivity contribution is 6.31. The molecule has 1 heterocycles. The average Bonchev–Trinajstić information content (AvgIpc) is 3.11. The van der Waals surface area contributed by atoms with Crippen LogP contribution in [0.3, 0.4) is 0 Å². The van der Waals surface area contributed by atoms with Gasteiger partial charge in [-0.2, -0.15) is 0 Å². The third-order valence-corrected chi connectivity index (χ3v) is 6.03. The van der Waals surface area contributed by atoms with Crippen molar-refractivity contribution in [3.05, 3.63) is 94.5 Å². The molecule has 0 aromatic heterocycles. The zero-order chi connectivity index (χ0) is 21.6. The Morgan fingerprint density at radius 1 is 1.10 bits per heavy atom. The smallest absolute Gasteiger partial charge is 0.251 e. The molecule has 0 unspecified atom stereocenters. The summed E-state index contributed by atoms with van der Waals surface area (Å²) in [6.45, 7) is 4.18. The van der Waals surface area contributed by atoms with E-state index in [0.29, 0.717) is 35.5 Å². The van der Waals surface area contributed by atoms with Crippen molar-refractivity contribution >= 4 is 23.2 Å². The number of halogens is 1. The van der Waals surface area contributed by atoms with E-state index in [4.69, 9.17) is 16.3 Å². The van der Waals surface area contributed by atoms with E-state index in [1.165, 1.54) is 11.3 Å². The fourth-order valence-corrected chi connectivity index (χ4v) is 4.22. The maximum Gasteiger partial charge on any atom is 0.251 e. The Bertz CT molecular complexity index is 1050. The van der Waals surface area contributed by atoms with E-state index in [1.807, 2.05) is 36.4 Å². The van der Waals surface area contributed by atoms with Crippen LogP contribution in [0.2, 0.25) is 5.02 Å². The summed E-state index contributed by atoms with van der Waals surface area (Å²) < 4.78 is 5.83. The number of amides is 1. The van der Waals surface area contributed by atoms with Crippen LogP contribution in [0.4, 0.5) is 5.69 Å². The minimum absolute atomic E-state index is 0.0851. The fourth-order valence-electron chi connectivity index (χ4n) is 4.03. The first-order chi connectivity index (χ1) is 15.1. The minimum atomic E-state index is -0.0851. The molecule has 0 spiro atoms. The van der Waals surface area contributed by atoms with Gasteiger partial charge in [0.25, 0.3) is 5.91 Å². The van der Waals surface area contributed by atoms with Gasteiger partial charge >= 0.3 is 0 Å². The van der Waals surface area contributed by atoms with Crippen LogP contribution in [0, 0.1) is 0 Å². The molecule has 5 heteroatoms. The number of hydrogen-bond acceptors (Lipinski definition) is 3. The number of carbonyl (C=O) groups is 1. The van der Waals surface area contributed by atoms with Gasteiger partial charge in [0.1, 0.15) is 12.4 Å². The summed E-state index contributed by atoms with van der Waals surface area (Å²) in [6, 6.07) is 23.9. The van der Waals surface area contributed by atoms with Crippen molar-refractivity contribution in [2.75, 3.05) is 18.0 Å². The van der Waals surface area contributed by atoms with Gasteiger partial charge in [0.15, 0.2) is 0 Å². The third kappa shape index (κ3) is 5.20. The van der Waals surface area contributed by atoms with Crippen molar-refractivity contribution in [1.29, 1.82) is 0 Å². The van der Waals surface area contributed by atoms with Crippen LogP contribution in [-0.2, 0) is 13.0 Å². The van der Waals surface area contributed by atoms with Gasteiger partial charge in [-0.05, 0) is 55.7 Å². The van der Waals surface area contributed by atoms with Gasteiger partial charge < -0.3 is 15.0 Å². The van der Waals surface area contributed by atoms with E-state index in [0.717, 1.165) is 24.9 Å². The number of nitrogens with one attached hydrogen (secondary N) is 1. The van der Waals surface area contributed by atoms with E-state index in [1.54, 1.807) is 12.1 Å². The van der Waals surface area contributed by atoms with E-state index < -0.39 is 0 Å². The second kappa shape index (κ2) is 9.88.